The van der Waals surface area contributed by atoms with E-state index in [9.17, 15) is 0 Å². The van der Waals surface area contributed by atoms with Crippen molar-refractivity contribution in [2.24, 2.45) is 0 Å². The lowest BCUT2D eigenvalue weighted by atomic mass is 9.92. The molecule has 84 valence electrons. The Hall–Kier alpha value is 0.240. The van der Waals surface area contributed by atoms with Crippen LogP contribution in [0.2, 0.25) is 5.15 Å². The van der Waals surface area contributed by atoms with Crippen LogP contribution < -0.4 is 0 Å². The van der Waals surface area contributed by atoms with Crippen LogP contribution >= 0.6 is 46.4 Å². The van der Waals surface area contributed by atoms with Gasteiger partial charge < -0.3 is 0 Å². The molecular formula is C9H10Cl4N2. The van der Waals surface area contributed by atoms with Crippen molar-refractivity contribution in [3.8, 4) is 0 Å². The summed E-state index contributed by atoms with van der Waals surface area (Å²) >= 11 is 22.9. The summed E-state index contributed by atoms with van der Waals surface area (Å²) in [6, 6.07) is 1.67. The third kappa shape index (κ3) is 3.63. The van der Waals surface area contributed by atoms with E-state index >= 15 is 0 Å². The highest BCUT2D eigenvalue weighted by Crippen LogP contribution is 2.37. The van der Waals surface area contributed by atoms with Crippen LogP contribution in [0.15, 0.2) is 6.07 Å². The summed E-state index contributed by atoms with van der Waals surface area (Å²) in [7, 11) is 0. The number of hydrogen-bond donors (Lipinski definition) is 0. The van der Waals surface area contributed by atoms with Gasteiger partial charge in [0.1, 0.15) is 5.15 Å². The molecule has 0 spiro atoms. The second-order valence-electron chi connectivity index (χ2n) is 4.15. The molecule has 0 aliphatic rings. The van der Waals surface area contributed by atoms with Gasteiger partial charge in [0.15, 0.2) is 5.82 Å². The molecule has 0 N–H and O–H groups in total. The molecule has 6 heteroatoms. The highest BCUT2D eigenvalue weighted by atomic mass is 35.6. The standard InChI is InChI=1S/C9H10Cl4N2/c1-8(2,3)5-4-6(10)15-7(14-5)9(11,12)13/h4H,1-3H3. The summed E-state index contributed by atoms with van der Waals surface area (Å²) in [5.74, 6) is 0.102. The minimum Gasteiger partial charge on any atom is -0.233 e. The first kappa shape index (κ1) is 13.3. The number of rotatable bonds is 0. The predicted molar refractivity (Wildman–Crippen MR) is 65.0 cm³/mol. The zero-order valence-electron chi connectivity index (χ0n) is 8.48. The normalized spacial score (nSPS) is 13.0. The first-order chi connectivity index (χ1) is 6.60. The topological polar surface area (TPSA) is 25.8 Å². The summed E-state index contributed by atoms with van der Waals surface area (Å²) in [6.45, 7) is 5.98. The molecule has 1 aromatic rings. The van der Waals surface area contributed by atoms with Crippen molar-refractivity contribution < 1.29 is 0 Å². The quantitative estimate of drug-likeness (QED) is 0.526. The average Bonchev–Trinajstić information content (AvgIpc) is 1.99. The molecule has 0 radical (unpaired) electrons. The van der Waals surface area contributed by atoms with Gasteiger partial charge in [0.05, 0.1) is 5.69 Å². The fraction of sp³-hybridized carbons (Fsp3) is 0.556. The van der Waals surface area contributed by atoms with E-state index in [1.54, 1.807) is 6.07 Å². The van der Waals surface area contributed by atoms with Crippen LogP contribution in [0.5, 0.6) is 0 Å². The van der Waals surface area contributed by atoms with Crippen molar-refractivity contribution >= 4 is 46.4 Å². The molecule has 1 rings (SSSR count). The van der Waals surface area contributed by atoms with E-state index in [1.165, 1.54) is 0 Å². The highest BCUT2D eigenvalue weighted by Gasteiger charge is 2.29. The van der Waals surface area contributed by atoms with E-state index in [1.807, 2.05) is 20.8 Å². The Bertz CT molecular complexity index is 333. The second-order valence-corrected chi connectivity index (χ2v) is 6.82. The van der Waals surface area contributed by atoms with Crippen molar-refractivity contribution in [2.75, 3.05) is 0 Å². The molecule has 1 aromatic heterocycles. The lowest BCUT2D eigenvalue weighted by molar-refractivity contribution is 0.562. The number of aromatic nitrogens is 2. The fourth-order valence-electron chi connectivity index (χ4n) is 0.929. The summed E-state index contributed by atoms with van der Waals surface area (Å²) in [4.78, 5) is 8.06. The van der Waals surface area contributed by atoms with Crippen molar-refractivity contribution in [2.45, 2.75) is 30.0 Å². The van der Waals surface area contributed by atoms with Crippen molar-refractivity contribution in [1.82, 2.24) is 9.97 Å². The van der Waals surface area contributed by atoms with Crippen molar-refractivity contribution in [1.29, 1.82) is 0 Å². The maximum atomic E-state index is 5.84. The molecule has 0 saturated carbocycles. The van der Waals surface area contributed by atoms with E-state index in [-0.39, 0.29) is 16.4 Å². The van der Waals surface area contributed by atoms with E-state index in [0.717, 1.165) is 5.69 Å². The molecule has 0 fully saturated rings. The maximum absolute atomic E-state index is 5.84. The second kappa shape index (κ2) is 4.25. The van der Waals surface area contributed by atoms with E-state index in [2.05, 4.69) is 9.97 Å². The Balaban J connectivity index is 3.30. The van der Waals surface area contributed by atoms with Gasteiger partial charge in [0.2, 0.25) is 3.79 Å². The van der Waals surface area contributed by atoms with Crippen LogP contribution in [0.25, 0.3) is 0 Å². The average molecular weight is 288 g/mol. The Morgan fingerprint density at radius 2 is 1.60 bits per heavy atom. The van der Waals surface area contributed by atoms with Gasteiger partial charge in [-0.1, -0.05) is 67.2 Å². The zero-order valence-corrected chi connectivity index (χ0v) is 11.5. The fourth-order valence-corrected chi connectivity index (χ4v) is 1.37. The Morgan fingerprint density at radius 3 is 2.00 bits per heavy atom. The summed E-state index contributed by atoms with van der Waals surface area (Å²) < 4.78 is -1.65. The molecule has 0 saturated heterocycles. The van der Waals surface area contributed by atoms with Gasteiger partial charge in [-0.2, -0.15) is 0 Å². The molecule has 0 bridgehead atoms. The summed E-state index contributed by atoms with van der Waals surface area (Å²) in [6.07, 6.45) is 0. The van der Waals surface area contributed by atoms with Crippen LogP contribution in [0.1, 0.15) is 32.3 Å². The number of hydrogen-bond acceptors (Lipinski definition) is 2. The van der Waals surface area contributed by atoms with Crippen LogP contribution in [0.4, 0.5) is 0 Å². The molecule has 1 heterocycles. The smallest absolute Gasteiger partial charge is 0.233 e. The van der Waals surface area contributed by atoms with E-state index < -0.39 is 3.79 Å². The number of alkyl halides is 3. The molecule has 0 aromatic carbocycles. The Morgan fingerprint density at radius 1 is 1.07 bits per heavy atom. The van der Waals surface area contributed by atoms with Gasteiger partial charge in [-0.05, 0) is 6.07 Å². The third-order valence-corrected chi connectivity index (χ3v) is 2.42. The van der Waals surface area contributed by atoms with Gasteiger partial charge in [-0.25, -0.2) is 9.97 Å². The van der Waals surface area contributed by atoms with E-state index in [0.29, 0.717) is 0 Å². The molecule has 15 heavy (non-hydrogen) atoms. The maximum Gasteiger partial charge on any atom is 0.250 e. The van der Waals surface area contributed by atoms with Gasteiger partial charge in [0.25, 0.3) is 0 Å². The minimum atomic E-state index is -1.65. The predicted octanol–water partition coefficient (Wildman–Crippen LogP) is 4.25. The van der Waals surface area contributed by atoms with Crippen LogP contribution in [0, 0.1) is 0 Å². The largest absolute Gasteiger partial charge is 0.250 e. The van der Waals surface area contributed by atoms with Gasteiger partial charge >= 0.3 is 0 Å². The number of halogens is 4. The monoisotopic (exact) mass is 286 g/mol. The van der Waals surface area contributed by atoms with Gasteiger partial charge in [-0.3, -0.25) is 0 Å². The van der Waals surface area contributed by atoms with Crippen LogP contribution in [-0.4, -0.2) is 9.97 Å². The zero-order chi connectivity index (χ0) is 11.9. The molecule has 2 nitrogen and oxygen atoms in total. The number of nitrogens with zero attached hydrogens (tertiary/aromatic N) is 2. The van der Waals surface area contributed by atoms with E-state index in [4.69, 9.17) is 46.4 Å². The SMILES string of the molecule is CC(C)(C)c1cc(Cl)nc(C(Cl)(Cl)Cl)n1. The molecule has 0 amide bonds. The third-order valence-electron chi connectivity index (χ3n) is 1.72. The first-order valence-electron chi connectivity index (χ1n) is 4.23. The lowest BCUT2D eigenvalue weighted by Gasteiger charge is -2.20. The highest BCUT2D eigenvalue weighted by molar-refractivity contribution is 6.66. The summed E-state index contributed by atoms with van der Waals surface area (Å²) in [5, 5.41) is 0.274. The lowest BCUT2D eigenvalue weighted by Crippen LogP contribution is -2.18. The minimum absolute atomic E-state index is 0.102. The van der Waals surface area contributed by atoms with Crippen molar-refractivity contribution in [3.05, 3.63) is 22.7 Å². The molecule has 0 aliphatic heterocycles. The van der Waals surface area contributed by atoms with Crippen molar-refractivity contribution in [3.63, 3.8) is 0 Å². The Labute approximate surface area is 109 Å². The molecule has 0 atom stereocenters. The Kier molecular flexibility index (Phi) is 3.77. The molecule has 0 unspecified atom stereocenters. The van der Waals surface area contributed by atoms with Crippen LogP contribution in [0.3, 0.4) is 0 Å². The van der Waals surface area contributed by atoms with Gasteiger partial charge in [-0.15, -0.1) is 0 Å². The molecular weight excluding hydrogens is 278 g/mol. The van der Waals surface area contributed by atoms with Gasteiger partial charge in [0, 0.05) is 5.41 Å². The first-order valence-corrected chi connectivity index (χ1v) is 5.74. The summed E-state index contributed by atoms with van der Waals surface area (Å²) in [5.41, 5.74) is 0.570. The van der Waals surface area contributed by atoms with Crippen LogP contribution in [-0.2, 0) is 9.21 Å². The molecule has 0 aliphatic carbocycles.